The highest BCUT2D eigenvalue weighted by atomic mass is 31.2. The van der Waals surface area contributed by atoms with Crippen LogP contribution >= 0.6 is 7.82 Å². The molecule has 0 aromatic carbocycles. The maximum Gasteiger partial charge on any atom is 0.472 e. The summed E-state index contributed by atoms with van der Waals surface area (Å²) in [6.45, 7) is 1.06. The van der Waals surface area contributed by atoms with Crippen molar-refractivity contribution < 1.29 is 47.8 Å². The molecule has 0 radical (unpaired) electrons. The molecule has 0 aromatic rings. The number of unbranched alkanes of at least 4 members (excludes halogenated alkanes) is 1. The zero-order valence-corrected chi connectivity index (χ0v) is 24.0. The number of carbonyl (C=O) groups excluding carboxylic acids is 2. The minimum atomic E-state index is -4.59. The van der Waals surface area contributed by atoms with Crippen LogP contribution in [0.15, 0.2) is 60.8 Å². The van der Waals surface area contributed by atoms with E-state index in [4.69, 9.17) is 19.1 Å². The van der Waals surface area contributed by atoms with Gasteiger partial charge in [-0.15, -0.1) is 0 Å². The van der Waals surface area contributed by atoms with Crippen LogP contribution in [0, 0.1) is 0 Å². The summed E-state index contributed by atoms with van der Waals surface area (Å²) in [4.78, 5) is 32.9. The number of phosphoric acid groups is 1. The lowest BCUT2D eigenvalue weighted by molar-refractivity contribution is -0.160. The molecule has 3 atom stereocenters. The number of hydrogen-bond acceptors (Lipinski definition) is 9. The molecule has 222 valence electrons. The summed E-state index contributed by atoms with van der Waals surface area (Å²) in [7, 11) is -4.59. The van der Waals surface area contributed by atoms with E-state index in [0.717, 1.165) is 32.1 Å². The number of hydrogen-bond donors (Lipinski definition) is 3. The predicted octanol–water partition coefficient (Wildman–Crippen LogP) is 4.87. The molecule has 0 bridgehead atoms. The first kappa shape index (κ1) is 36.7. The third kappa shape index (κ3) is 25.7. The molecule has 0 saturated carbocycles. The van der Waals surface area contributed by atoms with Crippen LogP contribution in [0.5, 0.6) is 0 Å². The van der Waals surface area contributed by atoms with E-state index in [2.05, 4.69) is 60.1 Å². The summed E-state index contributed by atoms with van der Waals surface area (Å²) >= 11 is 0. The van der Waals surface area contributed by atoms with Gasteiger partial charge in [0, 0.05) is 13.3 Å². The molecular formula is C28H45O10P. The molecule has 0 fully saturated rings. The molecule has 0 rings (SSSR count). The summed E-state index contributed by atoms with van der Waals surface area (Å²) in [5, 5.41) is 17.9. The topological polar surface area (TPSA) is 149 Å². The van der Waals surface area contributed by atoms with Crippen LogP contribution in [0.3, 0.4) is 0 Å². The number of aliphatic hydroxyl groups excluding tert-OH is 2. The summed E-state index contributed by atoms with van der Waals surface area (Å²) in [6.07, 6.45) is 24.6. The normalized spacial score (nSPS) is 15.5. The largest absolute Gasteiger partial charge is 0.472 e. The van der Waals surface area contributed by atoms with Gasteiger partial charge in [-0.1, -0.05) is 67.7 Å². The fraction of sp³-hybridized carbons (Fsp3) is 0.571. The Bertz CT molecular complexity index is 847. The lowest BCUT2D eigenvalue weighted by Gasteiger charge is -2.20. The SMILES string of the molecule is CC/C=C\C/C=C\C/C=C\C/C=C\C/C=C\CCCC(=O)OC(COC(C)=O)COP(=O)(O)OCC(O)CO. The van der Waals surface area contributed by atoms with E-state index in [-0.39, 0.29) is 13.0 Å². The Labute approximate surface area is 232 Å². The Balaban J connectivity index is 4.20. The molecule has 0 saturated heterocycles. The van der Waals surface area contributed by atoms with Gasteiger partial charge in [0.1, 0.15) is 12.7 Å². The number of rotatable bonds is 23. The molecule has 0 aliphatic carbocycles. The number of carbonyl (C=O) groups is 2. The molecule has 0 heterocycles. The number of esters is 2. The van der Waals surface area contributed by atoms with E-state index in [1.807, 2.05) is 12.2 Å². The van der Waals surface area contributed by atoms with E-state index < -0.39 is 51.8 Å². The second-order valence-corrected chi connectivity index (χ2v) is 9.86. The Kier molecular flexibility index (Phi) is 23.2. The molecule has 11 heteroatoms. The summed E-state index contributed by atoms with van der Waals surface area (Å²) in [6, 6.07) is 0. The van der Waals surface area contributed by atoms with Crippen molar-refractivity contribution in [3.8, 4) is 0 Å². The van der Waals surface area contributed by atoms with Gasteiger partial charge in [0.25, 0.3) is 0 Å². The van der Waals surface area contributed by atoms with Crippen molar-refractivity contribution in [2.75, 3.05) is 26.4 Å². The smallest absolute Gasteiger partial charge is 0.462 e. The monoisotopic (exact) mass is 572 g/mol. The molecule has 0 amide bonds. The lowest BCUT2D eigenvalue weighted by atomic mass is 10.2. The molecule has 3 N–H and O–H groups in total. The van der Waals surface area contributed by atoms with Gasteiger partial charge in [-0.25, -0.2) is 4.57 Å². The van der Waals surface area contributed by atoms with Crippen LogP contribution in [0.2, 0.25) is 0 Å². The molecular weight excluding hydrogens is 527 g/mol. The van der Waals surface area contributed by atoms with Crippen molar-refractivity contribution in [2.24, 2.45) is 0 Å². The average Bonchev–Trinajstić information content (AvgIpc) is 2.90. The minimum Gasteiger partial charge on any atom is -0.462 e. The molecule has 10 nitrogen and oxygen atoms in total. The van der Waals surface area contributed by atoms with E-state index in [1.54, 1.807) is 0 Å². The van der Waals surface area contributed by atoms with Crippen LogP contribution in [-0.2, 0) is 32.7 Å². The number of allylic oxidation sites excluding steroid dienone is 10. The third-order valence-corrected chi connectivity index (χ3v) is 5.70. The van der Waals surface area contributed by atoms with Gasteiger partial charge in [0.15, 0.2) is 6.10 Å². The summed E-state index contributed by atoms with van der Waals surface area (Å²) in [5.41, 5.74) is 0. The van der Waals surface area contributed by atoms with Crippen LogP contribution in [0.4, 0.5) is 0 Å². The van der Waals surface area contributed by atoms with Crippen LogP contribution < -0.4 is 0 Å². The van der Waals surface area contributed by atoms with Crippen molar-refractivity contribution in [2.45, 2.75) is 77.4 Å². The maximum absolute atomic E-state index is 12.1. The highest BCUT2D eigenvalue weighted by molar-refractivity contribution is 7.47. The van der Waals surface area contributed by atoms with Crippen molar-refractivity contribution >= 4 is 19.8 Å². The predicted molar refractivity (Wildman–Crippen MR) is 150 cm³/mol. The Morgan fingerprint density at radius 1 is 0.821 bits per heavy atom. The van der Waals surface area contributed by atoms with E-state index in [1.165, 1.54) is 6.92 Å². The van der Waals surface area contributed by atoms with Crippen LogP contribution in [0.25, 0.3) is 0 Å². The van der Waals surface area contributed by atoms with Gasteiger partial charge in [-0.05, 0) is 44.9 Å². The minimum absolute atomic E-state index is 0.0981. The van der Waals surface area contributed by atoms with Gasteiger partial charge in [0.05, 0.1) is 19.8 Å². The van der Waals surface area contributed by atoms with Crippen molar-refractivity contribution in [3.63, 3.8) is 0 Å². The van der Waals surface area contributed by atoms with Crippen LogP contribution in [0.1, 0.15) is 65.2 Å². The fourth-order valence-corrected chi connectivity index (χ4v) is 3.54. The van der Waals surface area contributed by atoms with Gasteiger partial charge in [0.2, 0.25) is 0 Å². The van der Waals surface area contributed by atoms with E-state index in [9.17, 15) is 24.2 Å². The average molecular weight is 573 g/mol. The Hall–Kier alpha value is -2.33. The molecule has 39 heavy (non-hydrogen) atoms. The Morgan fingerprint density at radius 2 is 1.33 bits per heavy atom. The van der Waals surface area contributed by atoms with Gasteiger partial charge in [-0.2, -0.15) is 0 Å². The molecule has 0 aromatic heterocycles. The number of aliphatic hydroxyl groups is 2. The molecule has 0 aliphatic heterocycles. The fourth-order valence-electron chi connectivity index (χ4n) is 2.75. The zero-order valence-electron chi connectivity index (χ0n) is 23.1. The highest BCUT2D eigenvalue weighted by Crippen LogP contribution is 2.43. The first-order valence-electron chi connectivity index (χ1n) is 13.2. The van der Waals surface area contributed by atoms with Crippen molar-refractivity contribution in [1.82, 2.24) is 0 Å². The Morgan fingerprint density at radius 3 is 1.85 bits per heavy atom. The van der Waals surface area contributed by atoms with Crippen LogP contribution in [-0.4, -0.2) is 65.7 Å². The first-order valence-corrected chi connectivity index (χ1v) is 14.7. The second-order valence-electron chi connectivity index (χ2n) is 8.41. The number of ether oxygens (including phenoxy) is 2. The number of phosphoric ester groups is 1. The standard InChI is InChI=1S/C28H45O10P/c1-3-4-5-6-7-8-9-10-11-12-13-14-15-16-17-18-19-20-28(32)38-27(23-35-25(2)30)24-37-39(33,34)36-22-26(31)21-29/h4-5,7-8,10-11,13-14,16-17,26-27,29,31H,3,6,9,12,15,18-24H2,1-2H3,(H,33,34)/b5-4-,8-7-,11-10-,14-13-,17-16-. The van der Waals surface area contributed by atoms with Gasteiger partial charge in [-0.3, -0.25) is 18.6 Å². The van der Waals surface area contributed by atoms with Gasteiger partial charge >= 0.3 is 19.8 Å². The molecule has 0 spiro atoms. The van der Waals surface area contributed by atoms with E-state index >= 15 is 0 Å². The molecule has 0 aliphatic rings. The van der Waals surface area contributed by atoms with Crippen molar-refractivity contribution in [3.05, 3.63) is 60.8 Å². The third-order valence-electron chi connectivity index (χ3n) is 4.74. The zero-order chi connectivity index (χ0) is 29.2. The first-order chi connectivity index (χ1) is 18.7. The van der Waals surface area contributed by atoms with E-state index in [0.29, 0.717) is 12.8 Å². The molecule has 3 unspecified atom stereocenters. The maximum atomic E-state index is 12.1. The summed E-state index contributed by atoms with van der Waals surface area (Å²) in [5.74, 6) is -1.20. The second kappa shape index (κ2) is 24.7. The van der Waals surface area contributed by atoms with Gasteiger partial charge < -0.3 is 24.6 Å². The summed E-state index contributed by atoms with van der Waals surface area (Å²) < 4.78 is 31.2. The highest BCUT2D eigenvalue weighted by Gasteiger charge is 2.26. The van der Waals surface area contributed by atoms with Crippen molar-refractivity contribution in [1.29, 1.82) is 0 Å². The quantitative estimate of drug-likeness (QED) is 0.0670. The lowest BCUT2D eigenvalue weighted by Crippen LogP contribution is -2.29.